The number of carbonyl (C=O) groups is 2. The first-order valence-electron chi connectivity index (χ1n) is 7.62. The van der Waals surface area contributed by atoms with Gasteiger partial charge < -0.3 is 10.2 Å². The summed E-state index contributed by atoms with van der Waals surface area (Å²) in [7, 11) is 0. The summed E-state index contributed by atoms with van der Waals surface area (Å²) in [6.07, 6.45) is 1.16. The monoisotopic (exact) mass is 373 g/mol. The van der Waals surface area contributed by atoms with E-state index in [9.17, 15) is 9.59 Å². The minimum absolute atomic E-state index is 0.0828. The van der Waals surface area contributed by atoms with Crippen LogP contribution in [-0.4, -0.2) is 26.7 Å². The first-order chi connectivity index (χ1) is 11.3. The molecule has 0 fully saturated rings. The molecule has 1 aromatic heterocycles. The maximum atomic E-state index is 10.7. The van der Waals surface area contributed by atoms with Crippen molar-refractivity contribution in [3.8, 4) is 0 Å². The number of carboxylic acids is 2. The molecule has 1 aromatic carbocycles. The van der Waals surface area contributed by atoms with Crippen LogP contribution in [0.25, 0.3) is 11.0 Å². The van der Waals surface area contributed by atoms with Crippen molar-refractivity contribution in [3.63, 3.8) is 0 Å². The van der Waals surface area contributed by atoms with Crippen molar-refractivity contribution in [3.05, 3.63) is 28.0 Å². The van der Waals surface area contributed by atoms with E-state index in [0.29, 0.717) is 36.0 Å². The van der Waals surface area contributed by atoms with Crippen molar-refractivity contribution in [1.29, 1.82) is 0 Å². The molecule has 0 amide bonds. The van der Waals surface area contributed by atoms with Crippen LogP contribution in [0.5, 0.6) is 0 Å². The number of rotatable bonds is 8. The van der Waals surface area contributed by atoms with Gasteiger partial charge in [-0.1, -0.05) is 23.2 Å². The Balaban J connectivity index is 2.40. The summed E-state index contributed by atoms with van der Waals surface area (Å²) in [6, 6.07) is 3.53. The molecule has 0 saturated carbocycles. The van der Waals surface area contributed by atoms with E-state index < -0.39 is 11.9 Å². The molecule has 2 N–H and O–H groups in total. The fraction of sp³-hybridized carbons (Fsp3) is 0.438. The zero-order valence-electron chi connectivity index (χ0n) is 13.3. The first kappa shape index (κ1) is 18.5. The lowest BCUT2D eigenvalue weighted by Crippen LogP contribution is -2.36. The molecule has 0 aliphatic heterocycles. The second-order valence-electron chi connectivity index (χ2n) is 5.60. The van der Waals surface area contributed by atoms with Crippen LogP contribution in [0.2, 0.25) is 10.0 Å². The molecule has 0 aliphatic carbocycles. The van der Waals surface area contributed by atoms with Crippen molar-refractivity contribution in [1.82, 2.24) is 4.57 Å². The van der Waals surface area contributed by atoms with E-state index in [1.165, 1.54) is 0 Å². The number of halogens is 2. The average molecular weight is 374 g/mol. The Morgan fingerprint density at radius 2 is 1.67 bits per heavy atom. The lowest BCUT2D eigenvalue weighted by atomic mass is 10.2. The molecule has 0 spiro atoms. The third-order valence-electron chi connectivity index (χ3n) is 3.93. The minimum atomic E-state index is -0.834. The number of hydrogen-bond donors (Lipinski definition) is 2. The van der Waals surface area contributed by atoms with E-state index >= 15 is 0 Å². The Hall–Kier alpha value is -1.79. The average Bonchev–Trinajstić information content (AvgIpc) is 2.72. The molecule has 0 radical (unpaired) electrons. The molecule has 0 unspecified atom stereocenters. The van der Waals surface area contributed by atoms with Gasteiger partial charge in [-0.15, -0.1) is 0 Å². The molecular formula is C16H19Cl2N2O4+. The number of aromatic nitrogens is 2. The number of hydrogen-bond acceptors (Lipinski definition) is 2. The smallest absolute Gasteiger partial charge is 0.303 e. The molecule has 8 heteroatoms. The molecule has 0 aliphatic rings. The zero-order chi connectivity index (χ0) is 17.9. The Morgan fingerprint density at radius 3 is 2.29 bits per heavy atom. The predicted octanol–water partition coefficient (Wildman–Crippen LogP) is 3.27. The molecule has 0 bridgehead atoms. The van der Waals surface area contributed by atoms with Crippen LogP contribution in [0.1, 0.15) is 31.5 Å². The number of fused-ring (bicyclic) bond motifs is 1. The van der Waals surface area contributed by atoms with E-state index in [0.717, 1.165) is 16.9 Å². The van der Waals surface area contributed by atoms with Crippen LogP contribution in [0.15, 0.2) is 12.1 Å². The number of nitrogens with zero attached hydrogens (tertiary/aromatic N) is 2. The maximum absolute atomic E-state index is 10.7. The van der Waals surface area contributed by atoms with E-state index in [2.05, 4.69) is 0 Å². The SMILES string of the molecule is Cc1n(CCCC(=O)O)c2cc(Cl)c(Cl)cc2[n+]1CCCC(=O)O. The normalized spacial score (nSPS) is 11.1. The van der Waals surface area contributed by atoms with Crippen molar-refractivity contribution in [2.45, 2.75) is 45.7 Å². The molecule has 24 heavy (non-hydrogen) atoms. The van der Waals surface area contributed by atoms with Gasteiger partial charge in [-0.05, 0) is 12.8 Å². The first-order valence-corrected chi connectivity index (χ1v) is 8.38. The Labute approximate surface area is 149 Å². The topological polar surface area (TPSA) is 83.4 Å². The van der Waals surface area contributed by atoms with Crippen molar-refractivity contribution in [2.75, 3.05) is 0 Å². The fourth-order valence-electron chi connectivity index (χ4n) is 2.79. The molecule has 0 saturated heterocycles. The number of imidazole rings is 1. The summed E-state index contributed by atoms with van der Waals surface area (Å²) in [5.41, 5.74) is 1.73. The standard InChI is InChI=1S/C16H18Cl2N2O4/c1-10-19(6-2-4-15(21)22)13-8-11(17)12(18)9-14(13)20(10)7-3-5-16(23)24/h8-9H,2-7H2,1H3,(H-,21,22,23,24)/p+1. The summed E-state index contributed by atoms with van der Waals surface area (Å²) in [5.74, 6) is -0.752. The Bertz CT molecular complexity index is 723. The highest BCUT2D eigenvalue weighted by atomic mass is 35.5. The highest BCUT2D eigenvalue weighted by Crippen LogP contribution is 2.28. The highest BCUT2D eigenvalue weighted by molar-refractivity contribution is 6.42. The van der Waals surface area contributed by atoms with Gasteiger partial charge in [-0.3, -0.25) is 9.59 Å². The third-order valence-corrected chi connectivity index (χ3v) is 4.65. The van der Waals surface area contributed by atoms with Gasteiger partial charge in [0.15, 0.2) is 11.0 Å². The lowest BCUT2D eigenvalue weighted by Gasteiger charge is -2.01. The highest BCUT2D eigenvalue weighted by Gasteiger charge is 2.23. The lowest BCUT2D eigenvalue weighted by molar-refractivity contribution is -0.678. The molecule has 6 nitrogen and oxygen atoms in total. The van der Waals surface area contributed by atoms with Gasteiger partial charge in [-0.2, -0.15) is 0 Å². The van der Waals surface area contributed by atoms with E-state index in [1.807, 2.05) is 16.1 Å². The molecule has 130 valence electrons. The van der Waals surface area contributed by atoms with E-state index in [4.69, 9.17) is 33.4 Å². The van der Waals surface area contributed by atoms with Crippen LogP contribution < -0.4 is 4.57 Å². The number of benzene rings is 1. The second kappa shape index (κ2) is 7.85. The van der Waals surface area contributed by atoms with Gasteiger partial charge in [-0.25, -0.2) is 9.13 Å². The van der Waals surface area contributed by atoms with Gasteiger partial charge in [0.25, 0.3) is 5.82 Å². The predicted molar refractivity (Wildman–Crippen MR) is 90.6 cm³/mol. The van der Waals surface area contributed by atoms with Crippen LogP contribution in [0.3, 0.4) is 0 Å². The number of carboxylic acid groups (broad SMARTS) is 2. The summed E-state index contributed by atoms with van der Waals surface area (Å²) < 4.78 is 4.00. The zero-order valence-corrected chi connectivity index (χ0v) is 14.8. The molecule has 0 atom stereocenters. The molecular weight excluding hydrogens is 355 g/mol. The van der Waals surface area contributed by atoms with Gasteiger partial charge in [0, 0.05) is 31.9 Å². The number of aryl methyl sites for hydroxylation is 2. The van der Waals surface area contributed by atoms with Crippen LogP contribution in [-0.2, 0) is 22.7 Å². The van der Waals surface area contributed by atoms with Gasteiger partial charge >= 0.3 is 11.9 Å². The van der Waals surface area contributed by atoms with Gasteiger partial charge in [0.1, 0.15) is 0 Å². The quantitative estimate of drug-likeness (QED) is 0.695. The summed E-state index contributed by atoms with van der Waals surface area (Å²) in [5, 5.41) is 18.5. The summed E-state index contributed by atoms with van der Waals surface area (Å²) in [4.78, 5) is 21.5. The molecule has 2 rings (SSSR count). The van der Waals surface area contributed by atoms with Gasteiger partial charge in [0.05, 0.1) is 23.1 Å². The number of aliphatic carboxylic acids is 2. The van der Waals surface area contributed by atoms with Crippen molar-refractivity contribution < 1.29 is 24.4 Å². The van der Waals surface area contributed by atoms with E-state index in [-0.39, 0.29) is 12.8 Å². The minimum Gasteiger partial charge on any atom is -0.481 e. The molecule has 2 aromatic rings. The Kier molecular flexibility index (Phi) is 6.07. The van der Waals surface area contributed by atoms with Crippen LogP contribution in [0.4, 0.5) is 0 Å². The third kappa shape index (κ3) is 4.19. The van der Waals surface area contributed by atoms with Crippen LogP contribution >= 0.6 is 23.2 Å². The Morgan fingerprint density at radius 1 is 1.08 bits per heavy atom. The second-order valence-corrected chi connectivity index (χ2v) is 6.41. The summed E-state index contributed by atoms with van der Waals surface area (Å²) in [6.45, 7) is 3.00. The van der Waals surface area contributed by atoms with Gasteiger partial charge in [0.2, 0.25) is 0 Å². The largest absolute Gasteiger partial charge is 0.481 e. The van der Waals surface area contributed by atoms with E-state index in [1.54, 1.807) is 12.1 Å². The summed E-state index contributed by atoms with van der Waals surface area (Å²) >= 11 is 12.3. The van der Waals surface area contributed by atoms with Crippen molar-refractivity contribution >= 4 is 46.2 Å². The van der Waals surface area contributed by atoms with Crippen molar-refractivity contribution in [2.24, 2.45) is 0 Å². The fourth-order valence-corrected chi connectivity index (χ4v) is 3.11. The molecule has 1 heterocycles. The van der Waals surface area contributed by atoms with Crippen LogP contribution in [0, 0.1) is 6.92 Å². The maximum Gasteiger partial charge on any atom is 0.303 e.